The molecule has 0 saturated carbocycles. The number of alkyl halides is 1. The molecule has 0 radical (unpaired) electrons. The molecule has 1 saturated heterocycles. The van der Waals surface area contributed by atoms with Crippen molar-refractivity contribution < 1.29 is 14.3 Å². The van der Waals surface area contributed by atoms with Crippen molar-refractivity contribution in [2.45, 2.75) is 67.2 Å². The first-order chi connectivity index (χ1) is 15.7. The monoisotopic (exact) mass is 530 g/mol. The number of ether oxygens (including phenoxy) is 1. The van der Waals surface area contributed by atoms with Gasteiger partial charge in [0.1, 0.15) is 5.60 Å². The summed E-state index contributed by atoms with van der Waals surface area (Å²) in [6, 6.07) is 14.4. The fourth-order valence-electron chi connectivity index (χ4n) is 4.46. The number of nitrogens with zero attached hydrogens (tertiary/aromatic N) is 1. The summed E-state index contributed by atoms with van der Waals surface area (Å²) in [7, 11) is 0. The molecule has 0 aliphatic carbocycles. The van der Waals surface area contributed by atoms with Crippen LogP contribution in [0.1, 0.15) is 66.6 Å². The van der Waals surface area contributed by atoms with Crippen LogP contribution in [0, 0.1) is 0 Å². The van der Waals surface area contributed by atoms with Crippen LogP contribution in [0.2, 0.25) is 0 Å². The van der Waals surface area contributed by atoms with E-state index in [1.165, 1.54) is 16.0 Å². The molecule has 33 heavy (non-hydrogen) atoms. The van der Waals surface area contributed by atoms with Gasteiger partial charge in [0.15, 0.2) is 0 Å². The van der Waals surface area contributed by atoms with Gasteiger partial charge in [0.05, 0.1) is 4.16 Å². The lowest BCUT2D eigenvalue weighted by atomic mass is 9.88. The van der Waals surface area contributed by atoms with Crippen molar-refractivity contribution in [1.29, 1.82) is 0 Å². The van der Waals surface area contributed by atoms with Crippen LogP contribution in [-0.2, 0) is 17.7 Å². The maximum Gasteiger partial charge on any atom is 0.407 e. The Morgan fingerprint density at radius 3 is 2.61 bits per heavy atom. The number of halogens is 1. The van der Waals surface area contributed by atoms with E-state index in [0.29, 0.717) is 16.6 Å². The van der Waals surface area contributed by atoms with E-state index in [2.05, 4.69) is 39.4 Å². The fraction of sp³-hybridized carbons (Fsp3) is 0.462. The van der Waals surface area contributed by atoms with Gasteiger partial charge < -0.3 is 15.0 Å². The molecule has 7 heteroatoms. The first-order valence-electron chi connectivity index (χ1n) is 11.5. The zero-order valence-electron chi connectivity index (χ0n) is 19.4. The van der Waals surface area contributed by atoms with Crippen LogP contribution in [-0.4, -0.2) is 39.8 Å². The number of thioether (sulfide) groups is 1. The number of carbonyl (C=O) groups is 2. The van der Waals surface area contributed by atoms with Gasteiger partial charge in [-0.3, -0.25) is 4.79 Å². The lowest BCUT2D eigenvalue weighted by molar-refractivity contribution is 0.0523. The van der Waals surface area contributed by atoms with E-state index < -0.39 is 11.7 Å². The summed E-state index contributed by atoms with van der Waals surface area (Å²) in [6.07, 6.45) is 2.37. The minimum Gasteiger partial charge on any atom is -0.444 e. The second kappa shape index (κ2) is 10.1. The highest BCUT2D eigenvalue weighted by Crippen LogP contribution is 2.42. The fourth-order valence-corrected chi connectivity index (χ4v) is 6.40. The summed E-state index contributed by atoms with van der Waals surface area (Å²) in [4.78, 5) is 28.4. The minimum absolute atomic E-state index is 0.155. The minimum atomic E-state index is -0.508. The van der Waals surface area contributed by atoms with Crippen molar-refractivity contribution in [3.05, 3.63) is 64.7 Å². The summed E-state index contributed by atoms with van der Waals surface area (Å²) in [5, 5.41) is 2.83. The highest BCUT2D eigenvalue weighted by atomic mass is 79.9. The van der Waals surface area contributed by atoms with E-state index in [4.69, 9.17) is 4.74 Å². The zero-order chi connectivity index (χ0) is 23.6. The molecular weight excluding hydrogens is 500 g/mol. The molecule has 0 bridgehead atoms. The maximum atomic E-state index is 13.3. The molecule has 0 spiro atoms. The Balaban J connectivity index is 1.34. The Kier molecular flexibility index (Phi) is 7.39. The first kappa shape index (κ1) is 24.1. The molecule has 1 fully saturated rings. The predicted molar refractivity (Wildman–Crippen MR) is 136 cm³/mol. The van der Waals surface area contributed by atoms with E-state index in [1.54, 1.807) is 11.8 Å². The van der Waals surface area contributed by atoms with E-state index in [0.717, 1.165) is 43.5 Å². The summed E-state index contributed by atoms with van der Waals surface area (Å²) in [5.74, 6) is 0.572. The number of carbonyl (C=O) groups excluding carboxylic acids is 2. The van der Waals surface area contributed by atoms with Crippen LogP contribution in [0.5, 0.6) is 0 Å². The largest absolute Gasteiger partial charge is 0.444 e. The molecule has 1 unspecified atom stereocenters. The number of fused-ring (bicyclic) bond motifs is 1. The molecule has 2 aliphatic heterocycles. The second-order valence-corrected chi connectivity index (χ2v) is 12.6. The third-order valence-electron chi connectivity index (χ3n) is 6.02. The SMILES string of the molecule is CC(C)(C)OC(=O)NCc1cccc(C2CCN(C(=O)c3cccc4c3CC(Br)S4)CC2)c1. The first-order valence-corrected chi connectivity index (χ1v) is 13.3. The molecule has 2 aromatic rings. The molecule has 2 amide bonds. The van der Waals surface area contributed by atoms with Gasteiger partial charge in [-0.25, -0.2) is 4.79 Å². The lowest BCUT2D eigenvalue weighted by Crippen LogP contribution is -2.38. The van der Waals surface area contributed by atoms with Crippen molar-refractivity contribution in [2.75, 3.05) is 13.1 Å². The topological polar surface area (TPSA) is 58.6 Å². The van der Waals surface area contributed by atoms with Gasteiger partial charge in [0, 0.05) is 30.1 Å². The molecule has 2 aromatic carbocycles. The van der Waals surface area contributed by atoms with Gasteiger partial charge in [0.2, 0.25) is 0 Å². The summed E-state index contributed by atoms with van der Waals surface area (Å²) >= 11 is 5.47. The molecule has 0 aromatic heterocycles. The number of nitrogens with one attached hydrogen (secondary N) is 1. The van der Waals surface area contributed by atoms with Gasteiger partial charge in [-0.05, 0) is 74.8 Å². The Bertz CT molecular complexity index is 1030. The van der Waals surface area contributed by atoms with Crippen molar-refractivity contribution in [1.82, 2.24) is 10.2 Å². The second-order valence-electron chi connectivity index (χ2n) is 9.68. The van der Waals surface area contributed by atoms with Crippen LogP contribution >= 0.6 is 27.7 Å². The van der Waals surface area contributed by atoms with Gasteiger partial charge in [-0.2, -0.15) is 0 Å². The number of rotatable bonds is 4. The number of hydrogen-bond acceptors (Lipinski definition) is 4. The number of alkyl carbamates (subject to hydrolysis) is 1. The Labute approximate surface area is 208 Å². The number of likely N-dealkylation sites (tertiary alicyclic amines) is 1. The van der Waals surface area contributed by atoms with E-state index in [-0.39, 0.29) is 5.91 Å². The lowest BCUT2D eigenvalue weighted by Gasteiger charge is -2.33. The Morgan fingerprint density at radius 2 is 1.88 bits per heavy atom. The van der Waals surface area contributed by atoms with Crippen LogP contribution < -0.4 is 5.32 Å². The predicted octanol–water partition coefficient (Wildman–Crippen LogP) is 6.10. The van der Waals surface area contributed by atoms with Gasteiger partial charge in [-0.15, -0.1) is 11.8 Å². The van der Waals surface area contributed by atoms with Crippen molar-refractivity contribution >= 4 is 39.7 Å². The van der Waals surface area contributed by atoms with Gasteiger partial charge in [-0.1, -0.05) is 46.3 Å². The van der Waals surface area contributed by atoms with E-state index >= 15 is 0 Å². The highest BCUT2D eigenvalue weighted by Gasteiger charge is 2.29. The number of benzene rings is 2. The van der Waals surface area contributed by atoms with Crippen molar-refractivity contribution in [3.63, 3.8) is 0 Å². The third kappa shape index (κ3) is 6.12. The average molecular weight is 532 g/mol. The van der Waals surface area contributed by atoms with Gasteiger partial charge >= 0.3 is 6.09 Å². The highest BCUT2D eigenvalue weighted by molar-refractivity contribution is 9.11. The van der Waals surface area contributed by atoms with E-state index in [1.807, 2.05) is 49.9 Å². The smallest absolute Gasteiger partial charge is 0.407 e. The van der Waals surface area contributed by atoms with Crippen LogP contribution in [0.4, 0.5) is 4.79 Å². The third-order valence-corrected chi connectivity index (χ3v) is 7.97. The van der Waals surface area contributed by atoms with Crippen molar-refractivity contribution in [2.24, 2.45) is 0 Å². The molecule has 4 rings (SSSR count). The van der Waals surface area contributed by atoms with Crippen LogP contribution in [0.25, 0.3) is 0 Å². The molecule has 2 aliphatic rings. The molecule has 5 nitrogen and oxygen atoms in total. The zero-order valence-corrected chi connectivity index (χ0v) is 21.8. The quantitative estimate of drug-likeness (QED) is 0.485. The number of amides is 2. The molecule has 1 N–H and O–H groups in total. The van der Waals surface area contributed by atoms with Crippen LogP contribution in [0.15, 0.2) is 47.4 Å². The van der Waals surface area contributed by atoms with Crippen LogP contribution in [0.3, 0.4) is 0 Å². The molecule has 2 heterocycles. The summed E-state index contributed by atoms with van der Waals surface area (Å²) in [6.45, 7) is 7.52. The van der Waals surface area contributed by atoms with Crippen molar-refractivity contribution in [3.8, 4) is 0 Å². The standard InChI is InChI=1S/C26H31BrN2O3S/c1-26(2,3)32-25(31)28-16-17-6-4-7-19(14-17)18-10-12-29(13-11-18)24(30)20-8-5-9-22-21(20)15-23(27)33-22/h4-9,14,18,23H,10-13,15-16H2,1-3H3,(H,28,31). The molecule has 176 valence electrons. The molecular formula is C26H31BrN2O3S. The summed E-state index contributed by atoms with van der Waals surface area (Å²) < 4.78 is 5.67. The van der Waals surface area contributed by atoms with E-state index in [9.17, 15) is 9.59 Å². The number of hydrogen-bond donors (Lipinski definition) is 1. The number of piperidine rings is 1. The average Bonchev–Trinajstić information content (AvgIpc) is 3.16. The van der Waals surface area contributed by atoms with Gasteiger partial charge in [0.25, 0.3) is 5.91 Å². The Morgan fingerprint density at radius 1 is 1.15 bits per heavy atom. The Hall–Kier alpha value is -1.99. The normalized spacial score (nSPS) is 18.7. The maximum absolute atomic E-state index is 13.3. The molecule has 1 atom stereocenters. The summed E-state index contributed by atoms with van der Waals surface area (Å²) in [5.41, 5.74) is 3.85.